The Hall–Kier alpha value is -1.59. The molecule has 1 amide bonds. The number of amides is 1. The van der Waals surface area contributed by atoms with Gasteiger partial charge in [0, 0.05) is 0 Å². The number of halogens is 5. The number of nitrogens with zero attached hydrogens (tertiary/aromatic N) is 1. The molecule has 0 unspecified atom stereocenters. The van der Waals surface area contributed by atoms with Gasteiger partial charge in [0.25, 0.3) is 5.91 Å². The van der Waals surface area contributed by atoms with E-state index in [0.717, 1.165) is 19.2 Å². The third-order valence-corrected chi connectivity index (χ3v) is 7.53. The maximum atomic E-state index is 13.1. The Kier molecular flexibility index (Phi) is 8.01. The molecule has 1 heterocycles. The van der Waals surface area contributed by atoms with Crippen LogP contribution in [0.2, 0.25) is 10.0 Å². The Morgan fingerprint density at radius 2 is 1.94 bits per heavy atom. The van der Waals surface area contributed by atoms with Crippen LogP contribution in [0.1, 0.15) is 11.1 Å². The van der Waals surface area contributed by atoms with Gasteiger partial charge in [-0.1, -0.05) is 41.4 Å². The van der Waals surface area contributed by atoms with E-state index in [2.05, 4.69) is 48.8 Å². The zero-order valence-electron chi connectivity index (χ0n) is 16.5. The van der Waals surface area contributed by atoms with Gasteiger partial charge in [-0.3, -0.25) is 4.79 Å². The van der Waals surface area contributed by atoms with Crippen molar-refractivity contribution >= 4 is 96.3 Å². The molecule has 3 aromatic carbocycles. The number of hydrogen-bond donors (Lipinski definition) is 1. The molecule has 0 saturated carbocycles. The molecule has 0 atom stereocenters. The van der Waals surface area contributed by atoms with Gasteiger partial charge < -0.3 is 10.1 Å². The zero-order chi connectivity index (χ0) is 23.5. The molecule has 0 aliphatic carbocycles. The van der Waals surface area contributed by atoms with Gasteiger partial charge >= 0.3 is 0 Å². The molecule has 0 aromatic heterocycles. The van der Waals surface area contributed by atoms with Gasteiger partial charge in [-0.05, 0) is 104 Å². The molecular weight excluding hydrogens is 665 g/mol. The third kappa shape index (κ3) is 6.10. The lowest BCUT2D eigenvalue weighted by molar-refractivity contribution is -0.115. The van der Waals surface area contributed by atoms with Crippen molar-refractivity contribution in [2.24, 2.45) is 4.99 Å². The Balaban J connectivity index is 1.51. The first kappa shape index (κ1) is 24.5. The van der Waals surface area contributed by atoms with Crippen molar-refractivity contribution in [2.75, 3.05) is 0 Å². The predicted octanol–water partition coefficient (Wildman–Crippen LogP) is 7.97. The number of carbonyl (C=O) groups excluding carboxylic acids is 1. The lowest BCUT2D eigenvalue weighted by Gasteiger charge is -2.11. The highest BCUT2D eigenvalue weighted by Crippen LogP contribution is 2.36. The number of carbonyl (C=O) groups is 1. The molecule has 3 aromatic rings. The van der Waals surface area contributed by atoms with Crippen molar-refractivity contribution in [3.05, 3.63) is 94.5 Å². The number of amidine groups is 1. The second kappa shape index (κ2) is 10.8. The minimum absolute atomic E-state index is 0.250. The summed E-state index contributed by atoms with van der Waals surface area (Å²) < 4.78 is 20.6. The first-order chi connectivity index (χ1) is 15.8. The highest BCUT2D eigenvalue weighted by Gasteiger charge is 2.24. The van der Waals surface area contributed by atoms with Gasteiger partial charge in [0.15, 0.2) is 5.17 Å². The number of rotatable bonds is 5. The van der Waals surface area contributed by atoms with Crippen LogP contribution in [0.5, 0.6) is 5.75 Å². The van der Waals surface area contributed by atoms with Crippen LogP contribution in [-0.2, 0) is 11.4 Å². The number of benzene rings is 3. The van der Waals surface area contributed by atoms with Crippen molar-refractivity contribution in [3.63, 3.8) is 0 Å². The molecule has 10 heteroatoms. The van der Waals surface area contributed by atoms with Gasteiger partial charge in [0.1, 0.15) is 18.2 Å². The fourth-order valence-electron chi connectivity index (χ4n) is 2.86. The van der Waals surface area contributed by atoms with Crippen LogP contribution in [0.4, 0.5) is 10.1 Å². The molecule has 1 aliphatic heterocycles. The molecule has 1 N–H and O–H groups in total. The van der Waals surface area contributed by atoms with Crippen LogP contribution in [-0.4, -0.2) is 11.1 Å². The number of nitrogens with one attached hydrogen (secondary N) is 1. The molecule has 168 valence electrons. The van der Waals surface area contributed by atoms with Gasteiger partial charge in [-0.25, -0.2) is 9.38 Å². The maximum Gasteiger partial charge on any atom is 0.264 e. The summed E-state index contributed by atoms with van der Waals surface area (Å²) in [5, 5.41) is 3.88. The molecular formula is C23H13BrCl2FIN2O2S. The van der Waals surface area contributed by atoms with Crippen LogP contribution in [0.15, 0.2) is 69.0 Å². The summed E-state index contributed by atoms with van der Waals surface area (Å²) in [5.74, 6) is 0.132. The molecule has 0 radical (unpaired) electrons. The van der Waals surface area contributed by atoms with Crippen LogP contribution >= 0.6 is 73.5 Å². The number of aliphatic imine (C=N–C) groups is 1. The molecule has 33 heavy (non-hydrogen) atoms. The molecule has 1 aliphatic rings. The molecule has 4 rings (SSSR count). The maximum absolute atomic E-state index is 13.1. The summed E-state index contributed by atoms with van der Waals surface area (Å²) in [5.41, 5.74) is 2.16. The van der Waals surface area contributed by atoms with E-state index in [4.69, 9.17) is 27.9 Å². The van der Waals surface area contributed by atoms with Gasteiger partial charge in [-0.2, -0.15) is 0 Å². The van der Waals surface area contributed by atoms with Crippen LogP contribution in [0, 0.1) is 9.39 Å². The summed E-state index contributed by atoms with van der Waals surface area (Å²) in [6.07, 6.45) is 1.78. The summed E-state index contributed by atoms with van der Waals surface area (Å²) in [7, 11) is 0. The minimum Gasteiger partial charge on any atom is -0.487 e. The van der Waals surface area contributed by atoms with E-state index >= 15 is 0 Å². The fourth-order valence-corrected chi connectivity index (χ4v) is 5.80. The highest BCUT2D eigenvalue weighted by molar-refractivity contribution is 14.1. The standard InChI is InChI=1S/C23H13BrCl2FIN2O2S/c24-15-8-13(9-17(28)21(15)32-11-12-4-6-14(27)7-5-12)10-19-22(31)30-23(33-19)29-18-3-1-2-16(25)20(18)26/h1-10H,11H2,(H,29,30,31)/b19-10-. The van der Waals surface area contributed by atoms with Gasteiger partial charge in [0.05, 0.1) is 28.7 Å². The second-order valence-electron chi connectivity index (χ2n) is 6.78. The molecule has 0 spiro atoms. The van der Waals surface area contributed by atoms with Crippen LogP contribution < -0.4 is 10.1 Å². The van der Waals surface area contributed by atoms with E-state index in [1.165, 1.54) is 23.9 Å². The Bertz CT molecular complexity index is 1280. The predicted molar refractivity (Wildman–Crippen MR) is 145 cm³/mol. The largest absolute Gasteiger partial charge is 0.487 e. The zero-order valence-corrected chi connectivity index (χ0v) is 22.6. The quantitative estimate of drug-likeness (QED) is 0.220. The van der Waals surface area contributed by atoms with Crippen molar-refractivity contribution in [1.82, 2.24) is 5.32 Å². The van der Waals surface area contributed by atoms with E-state index in [9.17, 15) is 9.18 Å². The van der Waals surface area contributed by atoms with Crippen molar-refractivity contribution in [3.8, 4) is 5.75 Å². The number of thioether (sulfide) groups is 1. The first-order valence-corrected chi connectivity index (χ1v) is 12.8. The lowest BCUT2D eigenvalue weighted by atomic mass is 10.2. The minimum atomic E-state index is -0.287. The number of hydrogen-bond acceptors (Lipinski definition) is 4. The summed E-state index contributed by atoms with van der Waals surface area (Å²) in [4.78, 5) is 17.3. The normalized spacial score (nSPS) is 15.8. The fraction of sp³-hybridized carbons (Fsp3) is 0.0435. The SMILES string of the molecule is O=C1NC(=Nc2cccc(Cl)c2Cl)S/C1=C\c1cc(Br)c(OCc2ccc(F)cc2)c(I)c1. The molecule has 1 fully saturated rings. The smallest absolute Gasteiger partial charge is 0.264 e. The second-order valence-corrected chi connectivity index (χ2v) is 10.6. The van der Waals surface area contributed by atoms with Crippen molar-refractivity contribution in [2.45, 2.75) is 6.61 Å². The topological polar surface area (TPSA) is 50.7 Å². The van der Waals surface area contributed by atoms with Crippen molar-refractivity contribution in [1.29, 1.82) is 0 Å². The molecule has 0 bridgehead atoms. The van der Waals surface area contributed by atoms with E-state index in [1.54, 1.807) is 36.4 Å². The molecule has 1 saturated heterocycles. The molecule has 4 nitrogen and oxygen atoms in total. The Morgan fingerprint density at radius 3 is 2.67 bits per heavy atom. The lowest BCUT2D eigenvalue weighted by Crippen LogP contribution is -2.19. The third-order valence-electron chi connectivity index (χ3n) is 4.42. The van der Waals surface area contributed by atoms with Gasteiger partial charge in [-0.15, -0.1) is 0 Å². The van der Waals surface area contributed by atoms with Crippen LogP contribution in [0.3, 0.4) is 0 Å². The Labute approximate surface area is 225 Å². The highest BCUT2D eigenvalue weighted by atomic mass is 127. The summed E-state index contributed by atoms with van der Waals surface area (Å²) in [6.45, 7) is 0.305. The van der Waals surface area contributed by atoms with E-state index in [0.29, 0.717) is 38.2 Å². The average molecular weight is 678 g/mol. The monoisotopic (exact) mass is 676 g/mol. The Morgan fingerprint density at radius 1 is 1.18 bits per heavy atom. The summed E-state index contributed by atoms with van der Waals surface area (Å²) in [6, 6.07) is 15.1. The summed E-state index contributed by atoms with van der Waals surface area (Å²) >= 11 is 19.2. The first-order valence-electron chi connectivity index (χ1n) is 9.40. The number of ether oxygens (including phenoxy) is 1. The van der Waals surface area contributed by atoms with E-state index in [-0.39, 0.29) is 11.7 Å². The average Bonchev–Trinajstić information content (AvgIpc) is 3.10. The van der Waals surface area contributed by atoms with Crippen LogP contribution in [0.25, 0.3) is 6.08 Å². The van der Waals surface area contributed by atoms with E-state index < -0.39 is 0 Å². The van der Waals surface area contributed by atoms with Gasteiger partial charge in [0.2, 0.25) is 0 Å². The van der Waals surface area contributed by atoms with Crippen molar-refractivity contribution < 1.29 is 13.9 Å². The van der Waals surface area contributed by atoms with E-state index in [1.807, 2.05) is 12.1 Å².